The van der Waals surface area contributed by atoms with Crippen LogP contribution in [0, 0.1) is 5.41 Å². The monoisotopic (exact) mass is 408 g/mol. The SMILES string of the molecule is CC(C)(C)CCCCCCc1cc(O)c(CCCCC(C)(C)OC=O)c(O)c1O. The molecule has 0 saturated heterocycles. The molecule has 0 heterocycles. The Morgan fingerprint density at radius 1 is 0.828 bits per heavy atom. The number of phenols is 3. The van der Waals surface area contributed by atoms with Crippen LogP contribution in [-0.2, 0) is 22.4 Å². The van der Waals surface area contributed by atoms with Gasteiger partial charge in [-0.25, -0.2) is 0 Å². The molecule has 3 N–H and O–H groups in total. The summed E-state index contributed by atoms with van der Waals surface area (Å²) in [6, 6.07) is 1.58. The molecule has 0 saturated carbocycles. The van der Waals surface area contributed by atoms with Gasteiger partial charge in [-0.2, -0.15) is 0 Å². The number of unbranched alkanes of at least 4 members (excludes halogenated alkanes) is 4. The Balaban J connectivity index is 2.52. The van der Waals surface area contributed by atoms with Gasteiger partial charge in [-0.1, -0.05) is 40.0 Å². The first kappa shape index (κ1) is 25.1. The van der Waals surface area contributed by atoms with Gasteiger partial charge in [-0.05, 0) is 70.3 Å². The Labute approximate surface area is 176 Å². The molecule has 0 amide bonds. The molecular formula is C24H40O5. The summed E-state index contributed by atoms with van der Waals surface area (Å²) in [5.41, 5.74) is 0.818. The van der Waals surface area contributed by atoms with Crippen molar-refractivity contribution in [3.8, 4) is 17.2 Å². The Morgan fingerprint density at radius 2 is 1.41 bits per heavy atom. The topological polar surface area (TPSA) is 87.0 Å². The molecule has 1 aromatic carbocycles. The van der Waals surface area contributed by atoms with Crippen LogP contribution in [0.2, 0.25) is 0 Å². The lowest BCUT2D eigenvalue weighted by atomic mass is 9.89. The number of aryl methyl sites for hydroxylation is 1. The maximum absolute atomic E-state index is 10.5. The fourth-order valence-electron chi connectivity index (χ4n) is 3.54. The largest absolute Gasteiger partial charge is 0.508 e. The third-order valence-electron chi connectivity index (χ3n) is 5.38. The molecule has 29 heavy (non-hydrogen) atoms. The minimum atomic E-state index is -0.523. The molecule has 1 aromatic rings. The molecule has 0 aliphatic rings. The molecular weight excluding hydrogens is 368 g/mol. The van der Waals surface area contributed by atoms with E-state index in [1.54, 1.807) is 6.07 Å². The third kappa shape index (κ3) is 9.42. The minimum Gasteiger partial charge on any atom is -0.508 e. The number of benzene rings is 1. The molecule has 0 aromatic heterocycles. The molecule has 166 valence electrons. The van der Waals surface area contributed by atoms with Gasteiger partial charge in [0.25, 0.3) is 6.47 Å². The molecule has 0 fully saturated rings. The highest BCUT2D eigenvalue weighted by Crippen LogP contribution is 2.40. The van der Waals surface area contributed by atoms with Crippen LogP contribution in [0.3, 0.4) is 0 Å². The summed E-state index contributed by atoms with van der Waals surface area (Å²) in [7, 11) is 0. The third-order valence-corrected chi connectivity index (χ3v) is 5.38. The van der Waals surface area contributed by atoms with Crippen LogP contribution in [-0.4, -0.2) is 27.4 Å². The minimum absolute atomic E-state index is 0.0337. The van der Waals surface area contributed by atoms with Gasteiger partial charge in [0.15, 0.2) is 11.5 Å². The zero-order valence-corrected chi connectivity index (χ0v) is 18.9. The quantitative estimate of drug-likeness (QED) is 0.161. The van der Waals surface area contributed by atoms with Gasteiger partial charge in [0, 0.05) is 11.1 Å². The first-order chi connectivity index (χ1) is 13.5. The Morgan fingerprint density at radius 3 is 2.03 bits per heavy atom. The number of aromatic hydroxyl groups is 3. The molecule has 5 heteroatoms. The van der Waals surface area contributed by atoms with Gasteiger partial charge in [-0.3, -0.25) is 4.79 Å². The van der Waals surface area contributed by atoms with E-state index in [0.717, 1.165) is 25.7 Å². The van der Waals surface area contributed by atoms with Crippen LogP contribution in [0.4, 0.5) is 0 Å². The van der Waals surface area contributed by atoms with Crippen molar-refractivity contribution >= 4 is 6.47 Å². The van der Waals surface area contributed by atoms with E-state index in [4.69, 9.17) is 4.74 Å². The van der Waals surface area contributed by atoms with E-state index in [0.29, 0.717) is 48.7 Å². The molecule has 0 radical (unpaired) electrons. The normalized spacial score (nSPS) is 12.2. The number of carbonyl (C=O) groups is 1. The first-order valence-electron chi connectivity index (χ1n) is 10.8. The lowest BCUT2D eigenvalue weighted by Gasteiger charge is -2.22. The number of hydrogen-bond acceptors (Lipinski definition) is 5. The second-order valence-corrected chi connectivity index (χ2v) is 9.89. The van der Waals surface area contributed by atoms with Crippen molar-refractivity contribution in [3.63, 3.8) is 0 Å². The van der Waals surface area contributed by atoms with Gasteiger partial charge in [0.1, 0.15) is 11.4 Å². The summed E-state index contributed by atoms with van der Waals surface area (Å²) in [6.07, 6.45) is 8.79. The standard InChI is InChI=1S/C24H40O5/c1-23(2,3)14-10-7-6-8-12-18-16-20(26)19(22(28)21(18)27)13-9-11-15-24(4,5)29-17-25/h16-17,26-28H,6-15H2,1-5H3. The number of phenolic OH excluding ortho intramolecular Hbond substituents is 3. The summed E-state index contributed by atoms with van der Waals surface area (Å²) in [5.74, 6) is -0.292. The highest BCUT2D eigenvalue weighted by molar-refractivity contribution is 5.56. The van der Waals surface area contributed by atoms with Gasteiger partial charge in [-0.15, -0.1) is 0 Å². The van der Waals surface area contributed by atoms with E-state index in [2.05, 4.69) is 20.8 Å². The van der Waals surface area contributed by atoms with Crippen molar-refractivity contribution < 1.29 is 24.9 Å². The van der Waals surface area contributed by atoms with Crippen molar-refractivity contribution in [1.82, 2.24) is 0 Å². The van der Waals surface area contributed by atoms with Gasteiger partial charge in [0.05, 0.1) is 0 Å². The molecule has 0 unspecified atom stereocenters. The van der Waals surface area contributed by atoms with E-state index < -0.39 is 5.60 Å². The highest BCUT2D eigenvalue weighted by Gasteiger charge is 2.20. The van der Waals surface area contributed by atoms with Crippen molar-refractivity contribution in [3.05, 3.63) is 17.2 Å². The Kier molecular flexibility index (Phi) is 9.81. The first-order valence-corrected chi connectivity index (χ1v) is 10.8. The van der Waals surface area contributed by atoms with Crippen LogP contribution < -0.4 is 0 Å². The number of rotatable bonds is 13. The van der Waals surface area contributed by atoms with Crippen molar-refractivity contribution in [1.29, 1.82) is 0 Å². The average Bonchev–Trinajstić information content (AvgIpc) is 2.60. The molecule has 0 spiro atoms. The summed E-state index contributed by atoms with van der Waals surface area (Å²) in [5, 5.41) is 31.0. The lowest BCUT2D eigenvalue weighted by molar-refractivity contribution is -0.140. The van der Waals surface area contributed by atoms with Crippen LogP contribution in [0.15, 0.2) is 6.07 Å². The van der Waals surface area contributed by atoms with E-state index >= 15 is 0 Å². The highest BCUT2D eigenvalue weighted by atomic mass is 16.5. The summed E-state index contributed by atoms with van der Waals surface area (Å²) >= 11 is 0. The summed E-state index contributed by atoms with van der Waals surface area (Å²) < 4.78 is 5.02. The van der Waals surface area contributed by atoms with Crippen LogP contribution in [0.25, 0.3) is 0 Å². The van der Waals surface area contributed by atoms with Crippen molar-refractivity contribution in [2.45, 2.75) is 104 Å². The van der Waals surface area contributed by atoms with Gasteiger partial charge in [0.2, 0.25) is 0 Å². The van der Waals surface area contributed by atoms with Gasteiger partial charge >= 0.3 is 0 Å². The van der Waals surface area contributed by atoms with Crippen molar-refractivity contribution in [2.75, 3.05) is 0 Å². The van der Waals surface area contributed by atoms with E-state index in [9.17, 15) is 20.1 Å². The molecule has 0 aliphatic heterocycles. The predicted octanol–water partition coefficient (Wildman–Crippen LogP) is 6.01. The smallest absolute Gasteiger partial charge is 0.293 e. The molecule has 0 bridgehead atoms. The number of ether oxygens (including phenoxy) is 1. The van der Waals surface area contributed by atoms with Crippen LogP contribution in [0.5, 0.6) is 17.2 Å². The van der Waals surface area contributed by atoms with Crippen LogP contribution >= 0.6 is 0 Å². The Bertz CT molecular complexity index is 644. The fourth-order valence-corrected chi connectivity index (χ4v) is 3.54. The van der Waals surface area contributed by atoms with E-state index in [1.807, 2.05) is 13.8 Å². The molecule has 5 nitrogen and oxygen atoms in total. The second kappa shape index (κ2) is 11.3. The van der Waals surface area contributed by atoms with Gasteiger partial charge < -0.3 is 20.1 Å². The second-order valence-electron chi connectivity index (χ2n) is 9.89. The zero-order valence-electron chi connectivity index (χ0n) is 18.9. The van der Waals surface area contributed by atoms with Crippen LogP contribution in [0.1, 0.15) is 97.1 Å². The molecule has 0 atom stereocenters. The number of carbonyl (C=O) groups excluding carboxylic acids is 1. The van der Waals surface area contributed by atoms with Crippen molar-refractivity contribution in [2.24, 2.45) is 5.41 Å². The van der Waals surface area contributed by atoms with E-state index in [1.165, 1.54) is 12.8 Å². The predicted molar refractivity (Wildman–Crippen MR) is 116 cm³/mol. The average molecular weight is 409 g/mol. The Hall–Kier alpha value is -1.91. The summed E-state index contributed by atoms with van der Waals surface area (Å²) in [6.45, 7) is 10.9. The zero-order chi connectivity index (χ0) is 22.1. The number of hydrogen-bond donors (Lipinski definition) is 3. The molecule has 1 rings (SSSR count). The maximum Gasteiger partial charge on any atom is 0.293 e. The summed E-state index contributed by atoms with van der Waals surface area (Å²) in [4.78, 5) is 10.5. The molecule has 0 aliphatic carbocycles. The maximum atomic E-state index is 10.5. The lowest BCUT2D eigenvalue weighted by Crippen LogP contribution is -2.23. The fraction of sp³-hybridized carbons (Fsp3) is 0.708. The van der Waals surface area contributed by atoms with E-state index in [-0.39, 0.29) is 17.2 Å².